The number of nitrogens with one attached hydrogen (secondary N) is 1. The van der Waals surface area contributed by atoms with Crippen molar-refractivity contribution in [2.45, 2.75) is 64.3 Å². The molecule has 1 fully saturated rings. The molecule has 1 aliphatic rings. The molecule has 0 amide bonds. The molecule has 0 spiro atoms. The molecule has 18 heavy (non-hydrogen) atoms. The molecule has 1 unspecified atom stereocenters. The number of hydrogen-bond donors (Lipinski definition) is 2. The minimum absolute atomic E-state index is 0.573. The molecule has 3 heteroatoms. The van der Waals surface area contributed by atoms with E-state index in [0.29, 0.717) is 6.04 Å². The van der Waals surface area contributed by atoms with Crippen molar-refractivity contribution in [2.24, 2.45) is 5.73 Å². The van der Waals surface area contributed by atoms with Gasteiger partial charge >= 0.3 is 0 Å². The average Bonchev–Trinajstić information content (AvgIpc) is 2.42. The van der Waals surface area contributed by atoms with E-state index in [9.17, 15) is 0 Å². The van der Waals surface area contributed by atoms with Crippen molar-refractivity contribution in [1.29, 1.82) is 0 Å². The number of nitrogens with zero attached hydrogens (tertiary/aromatic N) is 1. The van der Waals surface area contributed by atoms with Gasteiger partial charge in [0.25, 0.3) is 0 Å². The van der Waals surface area contributed by atoms with E-state index in [1.807, 2.05) is 0 Å². The summed E-state index contributed by atoms with van der Waals surface area (Å²) in [5.74, 6) is 0. The Morgan fingerprint density at radius 2 is 1.72 bits per heavy atom. The van der Waals surface area contributed by atoms with Gasteiger partial charge in [0.1, 0.15) is 0 Å². The summed E-state index contributed by atoms with van der Waals surface area (Å²) in [7, 11) is 0. The highest BCUT2D eigenvalue weighted by atomic mass is 15.2. The van der Waals surface area contributed by atoms with E-state index < -0.39 is 0 Å². The number of rotatable bonds is 10. The zero-order valence-electron chi connectivity index (χ0n) is 12.3. The molecule has 1 atom stereocenters. The molecule has 108 valence electrons. The number of hydrogen-bond acceptors (Lipinski definition) is 3. The van der Waals surface area contributed by atoms with Gasteiger partial charge in [-0.2, -0.15) is 0 Å². The van der Waals surface area contributed by atoms with Crippen molar-refractivity contribution in [3.63, 3.8) is 0 Å². The molecular formula is C15H33N3. The minimum Gasteiger partial charge on any atom is -0.329 e. The molecule has 3 N–H and O–H groups in total. The molecule has 1 heterocycles. The van der Waals surface area contributed by atoms with Crippen LogP contribution in [-0.2, 0) is 0 Å². The first-order valence-electron chi connectivity index (χ1n) is 8.03. The lowest BCUT2D eigenvalue weighted by Crippen LogP contribution is -2.54. The van der Waals surface area contributed by atoms with Crippen LogP contribution >= 0.6 is 0 Å². The molecule has 0 aromatic heterocycles. The van der Waals surface area contributed by atoms with E-state index in [1.165, 1.54) is 64.5 Å². The van der Waals surface area contributed by atoms with Crippen molar-refractivity contribution in [1.82, 2.24) is 10.2 Å². The fourth-order valence-corrected chi connectivity index (χ4v) is 2.78. The van der Waals surface area contributed by atoms with Crippen molar-refractivity contribution in [2.75, 3.05) is 32.7 Å². The Kier molecular flexibility index (Phi) is 9.54. The molecule has 0 aromatic rings. The number of unbranched alkanes of at least 4 members (excludes halogenated alkanes) is 7. The van der Waals surface area contributed by atoms with E-state index in [-0.39, 0.29) is 0 Å². The van der Waals surface area contributed by atoms with Gasteiger partial charge in [0.2, 0.25) is 0 Å². The first-order valence-corrected chi connectivity index (χ1v) is 8.03. The SMILES string of the molecule is CCCCCCCCCCN1CCNCC1CN. The maximum absolute atomic E-state index is 5.81. The van der Waals surface area contributed by atoms with Crippen LogP contribution < -0.4 is 11.1 Å². The van der Waals surface area contributed by atoms with Crippen LogP contribution in [0.4, 0.5) is 0 Å². The van der Waals surface area contributed by atoms with Crippen LogP contribution in [-0.4, -0.2) is 43.7 Å². The van der Waals surface area contributed by atoms with E-state index >= 15 is 0 Å². The molecule has 0 radical (unpaired) electrons. The van der Waals surface area contributed by atoms with E-state index in [4.69, 9.17) is 5.73 Å². The summed E-state index contributed by atoms with van der Waals surface area (Å²) in [5, 5.41) is 3.42. The maximum atomic E-state index is 5.81. The first kappa shape index (κ1) is 15.9. The summed E-state index contributed by atoms with van der Waals surface area (Å²) >= 11 is 0. The van der Waals surface area contributed by atoms with E-state index in [2.05, 4.69) is 17.1 Å². The number of piperazine rings is 1. The van der Waals surface area contributed by atoms with E-state index in [1.54, 1.807) is 0 Å². The quantitative estimate of drug-likeness (QED) is 0.589. The fraction of sp³-hybridized carbons (Fsp3) is 1.00. The third-order valence-corrected chi connectivity index (χ3v) is 4.04. The topological polar surface area (TPSA) is 41.3 Å². The highest BCUT2D eigenvalue weighted by Crippen LogP contribution is 2.10. The second-order valence-corrected chi connectivity index (χ2v) is 5.60. The molecular weight excluding hydrogens is 222 g/mol. The van der Waals surface area contributed by atoms with Crippen LogP contribution in [0, 0.1) is 0 Å². The Balaban J connectivity index is 1.93. The van der Waals surface area contributed by atoms with Gasteiger partial charge in [0.15, 0.2) is 0 Å². The summed E-state index contributed by atoms with van der Waals surface area (Å²) in [6.45, 7) is 7.71. The molecule has 1 aliphatic heterocycles. The van der Waals surface area contributed by atoms with Gasteiger partial charge in [-0.1, -0.05) is 51.9 Å². The molecule has 0 aromatic carbocycles. The van der Waals surface area contributed by atoms with Gasteiger partial charge in [-0.15, -0.1) is 0 Å². The molecule has 0 saturated carbocycles. The zero-order chi connectivity index (χ0) is 13.1. The van der Waals surface area contributed by atoms with Crippen LogP contribution in [0.15, 0.2) is 0 Å². The van der Waals surface area contributed by atoms with Crippen molar-refractivity contribution < 1.29 is 0 Å². The van der Waals surface area contributed by atoms with Crippen LogP contribution in [0.2, 0.25) is 0 Å². The molecule has 0 bridgehead atoms. The normalized spacial score (nSPS) is 21.3. The Morgan fingerprint density at radius 1 is 1.06 bits per heavy atom. The molecule has 1 rings (SSSR count). The van der Waals surface area contributed by atoms with Crippen molar-refractivity contribution >= 4 is 0 Å². The van der Waals surface area contributed by atoms with Crippen molar-refractivity contribution in [3.05, 3.63) is 0 Å². The Morgan fingerprint density at radius 3 is 2.39 bits per heavy atom. The van der Waals surface area contributed by atoms with Gasteiger partial charge in [-0.25, -0.2) is 0 Å². The summed E-state index contributed by atoms with van der Waals surface area (Å²) < 4.78 is 0. The highest BCUT2D eigenvalue weighted by Gasteiger charge is 2.19. The van der Waals surface area contributed by atoms with Crippen LogP contribution in [0.3, 0.4) is 0 Å². The average molecular weight is 255 g/mol. The van der Waals surface area contributed by atoms with Crippen LogP contribution in [0.25, 0.3) is 0 Å². The second kappa shape index (κ2) is 10.8. The largest absolute Gasteiger partial charge is 0.329 e. The first-order chi connectivity index (χ1) is 8.88. The monoisotopic (exact) mass is 255 g/mol. The molecule has 1 saturated heterocycles. The predicted octanol–water partition coefficient (Wildman–Crippen LogP) is 2.36. The van der Waals surface area contributed by atoms with Gasteiger partial charge in [0.05, 0.1) is 0 Å². The third kappa shape index (κ3) is 6.72. The van der Waals surface area contributed by atoms with Gasteiger partial charge in [-0.3, -0.25) is 4.90 Å². The lowest BCUT2D eigenvalue weighted by molar-refractivity contribution is 0.162. The summed E-state index contributed by atoms with van der Waals surface area (Å²) in [6.07, 6.45) is 11.2. The Labute approximate surface area is 113 Å². The summed E-state index contributed by atoms with van der Waals surface area (Å²) in [6, 6.07) is 0.573. The summed E-state index contributed by atoms with van der Waals surface area (Å²) in [5.41, 5.74) is 5.81. The minimum atomic E-state index is 0.573. The highest BCUT2D eigenvalue weighted by molar-refractivity contribution is 4.80. The lowest BCUT2D eigenvalue weighted by atomic mass is 10.1. The predicted molar refractivity (Wildman–Crippen MR) is 79.9 cm³/mol. The van der Waals surface area contributed by atoms with Gasteiger partial charge in [-0.05, 0) is 13.0 Å². The van der Waals surface area contributed by atoms with Crippen LogP contribution in [0.1, 0.15) is 58.3 Å². The van der Waals surface area contributed by atoms with E-state index in [0.717, 1.165) is 19.6 Å². The fourth-order valence-electron chi connectivity index (χ4n) is 2.78. The van der Waals surface area contributed by atoms with Crippen LogP contribution in [0.5, 0.6) is 0 Å². The lowest BCUT2D eigenvalue weighted by Gasteiger charge is -2.35. The van der Waals surface area contributed by atoms with Gasteiger partial charge < -0.3 is 11.1 Å². The molecule has 3 nitrogen and oxygen atoms in total. The summed E-state index contributed by atoms with van der Waals surface area (Å²) in [4.78, 5) is 2.58. The van der Waals surface area contributed by atoms with Gasteiger partial charge in [0, 0.05) is 32.2 Å². The number of nitrogens with two attached hydrogens (primary N) is 1. The standard InChI is InChI=1S/C15H33N3/c1-2-3-4-5-6-7-8-9-11-18-12-10-17-14-15(18)13-16/h15,17H,2-14,16H2,1H3. The maximum Gasteiger partial charge on any atom is 0.0343 e. The van der Waals surface area contributed by atoms with Crippen molar-refractivity contribution in [3.8, 4) is 0 Å². The smallest absolute Gasteiger partial charge is 0.0343 e. The third-order valence-electron chi connectivity index (χ3n) is 4.04. The second-order valence-electron chi connectivity index (χ2n) is 5.60. The Hall–Kier alpha value is -0.120. The zero-order valence-corrected chi connectivity index (χ0v) is 12.3. The Bertz CT molecular complexity index is 185. The molecule has 0 aliphatic carbocycles.